The van der Waals surface area contributed by atoms with Crippen LogP contribution in [-0.2, 0) is 14.4 Å². The summed E-state index contributed by atoms with van der Waals surface area (Å²) in [5.41, 5.74) is 0. The molecule has 4 nitrogen and oxygen atoms in total. The molecular weight excluding hydrogens is 280 g/mol. The van der Waals surface area contributed by atoms with Crippen LogP contribution in [0.15, 0.2) is 12.2 Å². The molecule has 0 atom stereocenters. The zero-order chi connectivity index (χ0) is 16.6. The van der Waals surface area contributed by atoms with Gasteiger partial charge in [-0.3, -0.25) is 9.59 Å². The maximum absolute atomic E-state index is 11.1. The van der Waals surface area contributed by atoms with Crippen LogP contribution in [0.25, 0.3) is 0 Å². The molecule has 22 heavy (non-hydrogen) atoms. The lowest BCUT2D eigenvalue weighted by molar-refractivity contribution is -0.152. The lowest BCUT2D eigenvalue weighted by atomic mass is 10.1. The zero-order valence-corrected chi connectivity index (χ0v) is 13.8. The standard InChI is InChI=1S/C18H30O4/c1-2-3-4-5-6-7-8-9-10-11-12-13-14-15-16(19)17(20)18(21)22/h9-10H,2-8,11-15H2,1H3,(H,21,22)/b10-9-. The molecule has 0 aliphatic carbocycles. The lowest BCUT2D eigenvalue weighted by Crippen LogP contribution is -2.22. The second-order valence-corrected chi connectivity index (χ2v) is 5.68. The van der Waals surface area contributed by atoms with Crippen molar-refractivity contribution in [3.63, 3.8) is 0 Å². The van der Waals surface area contributed by atoms with E-state index in [0.29, 0.717) is 6.42 Å². The fourth-order valence-electron chi connectivity index (χ4n) is 2.24. The van der Waals surface area contributed by atoms with Gasteiger partial charge in [-0.05, 0) is 32.1 Å². The number of carboxylic acids is 1. The first-order valence-corrected chi connectivity index (χ1v) is 8.55. The smallest absolute Gasteiger partial charge is 0.380 e. The molecule has 0 aromatic carbocycles. The van der Waals surface area contributed by atoms with Gasteiger partial charge in [-0.2, -0.15) is 0 Å². The van der Waals surface area contributed by atoms with Crippen molar-refractivity contribution in [3.8, 4) is 0 Å². The number of Topliss-reactive ketones (excluding diaryl/α,β-unsaturated/α-hetero) is 2. The quantitative estimate of drug-likeness (QED) is 0.210. The maximum atomic E-state index is 11.1. The van der Waals surface area contributed by atoms with E-state index in [-0.39, 0.29) is 6.42 Å². The largest absolute Gasteiger partial charge is 0.475 e. The number of carbonyl (C=O) groups excluding carboxylic acids is 2. The molecule has 0 saturated heterocycles. The highest BCUT2D eigenvalue weighted by Gasteiger charge is 2.20. The van der Waals surface area contributed by atoms with Gasteiger partial charge in [-0.15, -0.1) is 0 Å². The number of ketones is 2. The number of carboxylic acid groups (broad SMARTS) is 1. The van der Waals surface area contributed by atoms with Crippen LogP contribution in [0, 0.1) is 0 Å². The van der Waals surface area contributed by atoms with Crippen LogP contribution in [0.2, 0.25) is 0 Å². The van der Waals surface area contributed by atoms with E-state index in [1.165, 1.54) is 38.5 Å². The van der Waals surface area contributed by atoms with Gasteiger partial charge in [-0.1, -0.05) is 57.6 Å². The van der Waals surface area contributed by atoms with Crippen LogP contribution in [-0.4, -0.2) is 22.6 Å². The molecule has 0 heterocycles. The molecular formula is C18H30O4. The highest BCUT2D eigenvalue weighted by atomic mass is 16.4. The van der Waals surface area contributed by atoms with Crippen molar-refractivity contribution in [2.45, 2.75) is 84.0 Å². The molecule has 0 aliphatic rings. The highest BCUT2D eigenvalue weighted by molar-refractivity contribution is 6.61. The van der Waals surface area contributed by atoms with Crippen molar-refractivity contribution in [2.24, 2.45) is 0 Å². The molecule has 0 spiro atoms. The molecule has 0 bridgehead atoms. The van der Waals surface area contributed by atoms with Gasteiger partial charge >= 0.3 is 11.8 Å². The molecule has 0 saturated carbocycles. The van der Waals surface area contributed by atoms with E-state index in [9.17, 15) is 14.4 Å². The van der Waals surface area contributed by atoms with Crippen LogP contribution < -0.4 is 0 Å². The summed E-state index contributed by atoms with van der Waals surface area (Å²) in [5.74, 6) is -3.73. The minimum atomic E-state index is -1.65. The third-order valence-electron chi connectivity index (χ3n) is 3.61. The summed E-state index contributed by atoms with van der Waals surface area (Å²) < 4.78 is 0. The van der Waals surface area contributed by atoms with Gasteiger partial charge in [0.1, 0.15) is 0 Å². The van der Waals surface area contributed by atoms with E-state index < -0.39 is 17.5 Å². The van der Waals surface area contributed by atoms with E-state index in [1.807, 2.05) is 0 Å². The molecule has 0 radical (unpaired) electrons. The summed E-state index contributed by atoms with van der Waals surface area (Å²) in [7, 11) is 0. The Morgan fingerprint density at radius 2 is 1.27 bits per heavy atom. The number of rotatable bonds is 15. The number of carbonyl (C=O) groups is 3. The third kappa shape index (κ3) is 12.3. The van der Waals surface area contributed by atoms with Crippen molar-refractivity contribution < 1.29 is 19.5 Å². The van der Waals surface area contributed by atoms with E-state index in [1.54, 1.807) is 0 Å². The number of aliphatic carboxylic acids is 1. The number of hydrogen-bond donors (Lipinski definition) is 1. The van der Waals surface area contributed by atoms with Crippen LogP contribution in [0.1, 0.15) is 84.0 Å². The first-order valence-electron chi connectivity index (χ1n) is 8.55. The second-order valence-electron chi connectivity index (χ2n) is 5.68. The van der Waals surface area contributed by atoms with Crippen LogP contribution in [0.4, 0.5) is 0 Å². The van der Waals surface area contributed by atoms with Crippen LogP contribution in [0.3, 0.4) is 0 Å². The first kappa shape index (κ1) is 20.6. The van der Waals surface area contributed by atoms with Crippen LogP contribution in [0.5, 0.6) is 0 Å². The molecule has 0 aromatic rings. The molecule has 0 aliphatic heterocycles. The van der Waals surface area contributed by atoms with E-state index in [2.05, 4.69) is 19.1 Å². The fraction of sp³-hybridized carbons (Fsp3) is 0.722. The molecule has 0 unspecified atom stereocenters. The van der Waals surface area contributed by atoms with Crippen molar-refractivity contribution in [1.82, 2.24) is 0 Å². The monoisotopic (exact) mass is 310 g/mol. The Morgan fingerprint density at radius 3 is 1.82 bits per heavy atom. The van der Waals surface area contributed by atoms with Crippen LogP contribution >= 0.6 is 0 Å². The SMILES string of the molecule is CCCCCCCC/C=C\CCCCCC(=O)C(=O)C(=O)O. The molecule has 0 aromatic heterocycles. The minimum absolute atomic E-state index is 0.0482. The number of allylic oxidation sites excluding steroid dienone is 2. The molecule has 0 rings (SSSR count). The van der Waals surface area contributed by atoms with E-state index in [4.69, 9.17) is 5.11 Å². The summed E-state index contributed by atoms with van der Waals surface area (Å²) in [5, 5.41) is 8.38. The molecule has 0 fully saturated rings. The molecule has 0 amide bonds. The number of unbranched alkanes of at least 4 members (excludes halogenated alkanes) is 9. The Bertz CT molecular complexity index is 358. The molecule has 1 N–H and O–H groups in total. The van der Waals surface area contributed by atoms with Gasteiger partial charge in [0.2, 0.25) is 5.78 Å². The topological polar surface area (TPSA) is 71.4 Å². The predicted molar refractivity (Wildman–Crippen MR) is 87.9 cm³/mol. The first-order chi connectivity index (χ1) is 10.6. The fourth-order valence-corrected chi connectivity index (χ4v) is 2.24. The maximum Gasteiger partial charge on any atom is 0.380 e. The lowest BCUT2D eigenvalue weighted by Gasteiger charge is -1.98. The van der Waals surface area contributed by atoms with Gasteiger partial charge in [0, 0.05) is 6.42 Å². The van der Waals surface area contributed by atoms with Crippen molar-refractivity contribution in [3.05, 3.63) is 12.2 Å². The minimum Gasteiger partial charge on any atom is -0.475 e. The average Bonchev–Trinajstić information content (AvgIpc) is 2.50. The zero-order valence-electron chi connectivity index (χ0n) is 13.8. The van der Waals surface area contributed by atoms with Gasteiger partial charge in [0.05, 0.1) is 0 Å². The predicted octanol–water partition coefficient (Wildman–Crippen LogP) is 4.47. The van der Waals surface area contributed by atoms with E-state index in [0.717, 1.165) is 25.7 Å². The summed E-state index contributed by atoms with van der Waals surface area (Å²) >= 11 is 0. The van der Waals surface area contributed by atoms with E-state index >= 15 is 0 Å². The Kier molecular flexibility index (Phi) is 13.5. The van der Waals surface area contributed by atoms with Gasteiger partial charge in [0.25, 0.3) is 0 Å². The third-order valence-corrected chi connectivity index (χ3v) is 3.61. The normalized spacial score (nSPS) is 11.0. The molecule has 4 heteroatoms. The molecule has 126 valence electrons. The van der Waals surface area contributed by atoms with Crippen molar-refractivity contribution in [1.29, 1.82) is 0 Å². The Labute approximate surface area is 134 Å². The second kappa shape index (κ2) is 14.5. The Balaban J connectivity index is 3.35. The summed E-state index contributed by atoms with van der Waals surface area (Å²) in [4.78, 5) is 32.3. The average molecular weight is 310 g/mol. The highest BCUT2D eigenvalue weighted by Crippen LogP contribution is 2.08. The number of hydrogen-bond acceptors (Lipinski definition) is 3. The van der Waals surface area contributed by atoms with Gasteiger partial charge in [-0.25, -0.2) is 4.79 Å². The van der Waals surface area contributed by atoms with Gasteiger partial charge < -0.3 is 5.11 Å². The summed E-state index contributed by atoms with van der Waals surface area (Å²) in [6.07, 6.45) is 16.9. The van der Waals surface area contributed by atoms with Crippen molar-refractivity contribution >= 4 is 17.5 Å². The Hall–Kier alpha value is -1.45. The van der Waals surface area contributed by atoms with Crippen molar-refractivity contribution in [2.75, 3.05) is 0 Å². The summed E-state index contributed by atoms with van der Waals surface area (Å²) in [6.45, 7) is 2.22. The van der Waals surface area contributed by atoms with Gasteiger partial charge in [0.15, 0.2) is 0 Å². The summed E-state index contributed by atoms with van der Waals surface area (Å²) in [6, 6.07) is 0. The Morgan fingerprint density at radius 1 is 0.773 bits per heavy atom.